The third-order valence-corrected chi connectivity index (χ3v) is 7.20. The minimum absolute atomic E-state index is 1.24. The predicted molar refractivity (Wildman–Crippen MR) is 124 cm³/mol. The Bertz CT molecular complexity index is 1720. The molecule has 0 fully saturated rings. The van der Waals surface area contributed by atoms with Crippen LogP contribution in [0.5, 0.6) is 0 Å². The molecule has 0 saturated carbocycles. The fourth-order valence-corrected chi connectivity index (χ4v) is 5.95. The summed E-state index contributed by atoms with van der Waals surface area (Å²) in [5.74, 6) is 0. The number of thiophene rings is 1. The Balaban J connectivity index is 1.74. The molecule has 0 atom stereocenters. The van der Waals surface area contributed by atoms with Gasteiger partial charge in [0.15, 0.2) is 0 Å². The third-order valence-electron chi connectivity index (χ3n) is 6.00. The Labute approximate surface area is 164 Å². The lowest BCUT2D eigenvalue weighted by molar-refractivity contribution is 1.59. The van der Waals surface area contributed by atoms with Gasteiger partial charge in [0.05, 0.1) is 11.0 Å². The summed E-state index contributed by atoms with van der Waals surface area (Å²) in [6, 6.07) is 30.9. The van der Waals surface area contributed by atoms with E-state index in [0.717, 1.165) is 0 Å². The van der Waals surface area contributed by atoms with Crippen LogP contribution in [0.2, 0.25) is 0 Å². The van der Waals surface area contributed by atoms with Gasteiger partial charge in [0.25, 0.3) is 0 Å². The van der Waals surface area contributed by atoms with Gasteiger partial charge in [0, 0.05) is 36.3 Å². The zero-order valence-electron chi connectivity index (χ0n) is 15.0. The van der Waals surface area contributed by atoms with Crippen LogP contribution in [-0.4, -0.2) is 4.98 Å². The first-order valence-electron chi connectivity index (χ1n) is 9.54. The van der Waals surface area contributed by atoms with E-state index in [1.807, 2.05) is 11.3 Å². The lowest BCUT2D eigenvalue weighted by atomic mass is 10.0. The van der Waals surface area contributed by atoms with Gasteiger partial charge in [-0.3, -0.25) is 0 Å². The number of hydrogen-bond donors (Lipinski definition) is 1. The first-order valence-corrected chi connectivity index (χ1v) is 10.4. The van der Waals surface area contributed by atoms with E-state index in [9.17, 15) is 0 Å². The van der Waals surface area contributed by atoms with Crippen LogP contribution in [0.25, 0.3) is 63.5 Å². The molecule has 2 heteroatoms. The number of aromatic nitrogens is 1. The molecule has 28 heavy (non-hydrogen) atoms. The summed E-state index contributed by atoms with van der Waals surface area (Å²) in [5, 5.41) is 10.5. The lowest BCUT2D eigenvalue weighted by Crippen LogP contribution is -1.74. The van der Waals surface area contributed by atoms with Crippen molar-refractivity contribution in [3.63, 3.8) is 0 Å². The van der Waals surface area contributed by atoms with Gasteiger partial charge >= 0.3 is 0 Å². The number of rotatable bonds is 0. The summed E-state index contributed by atoms with van der Waals surface area (Å²) in [6.07, 6.45) is 0. The Kier molecular flexibility index (Phi) is 2.68. The van der Waals surface area contributed by atoms with Gasteiger partial charge in [0.1, 0.15) is 0 Å². The van der Waals surface area contributed by atoms with Crippen molar-refractivity contribution in [2.45, 2.75) is 0 Å². The molecule has 130 valence electrons. The highest BCUT2D eigenvalue weighted by Crippen LogP contribution is 2.43. The van der Waals surface area contributed by atoms with Crippen LogP contribution < -0.4 is 0 Å². The van der Waals surface area contributed by atoms with E-state index in [2.05, 4.69) is 89.9 Å². The van der Waals surface area contributed by atoms with Crippen LogP contribution in [0.15, 0.2) is 84.9 Å². The largest absolute Gasteiger partial charge is 0.353 e. The van der Waals surface area contributed by atoms with Gasteiger partial charge in [-0.05, 0) is 22.2 Å². The number of aromatic amines is 1. The summed E-state index contributed by atoms with van der Waals surface area (Å²) < 4.78 is 2.72. The van der Waals surface area contributed by atoms with Gasteiger partial charge in [-0.15, -0.1) is 11.3 Å². The van der Waals surface area contributed by atoms with Crippen LogP contribution >= 0.6 is 11.3 Å². The van der Waals surface area contributed by atoms with Crippen LogP contribution in [0.3, 0.4) is 0 Å². The maximum Gasteiger partial charge on any atom is 0.0559 e. The first kappa shape index (κ1) is 14.7. The molecule has 0 radical (unpaired) electrons. The molecule has 0 aliphatic heterocycles. The van der Waals surface area contributed by atoms with Gasteiger partial charge in [0.2, 0.25) is 0 Å². The quantitative estimate of drug-likeness (QED) is 0.277. The Morgan fingerprint density at radius 2 is 1.14 bits per heavy atom. The number of fused-ring (bicyclic) bond motifs is 11. The summed E-state index contributed by atoms with van der Waals surface area (Å²) >= 11 is 1.90. The van der Waals surface area contributed by atoms with Gasteiger partial charge in [-0.1, -0.05) is 78.9 Å². The SMILES string of the molecule is c1ccc2c(c1)ccc1c3ccc4sc5c6ccccc6ccc5c4c3[nH]c21. The summed E-state index contributed by atoms with van der Waals surface area (Å²) in [5.41, 5.74) is 2.49. The highest BCUT2D eigenvalue weighted by atomic mass is 32.1. The second-order valence-corrected chi connectivity index (χ2v) is 8.51. The zero-order valence-corrected chi connectivity index (χ0v) is 15.8. The summed E-state index contributed by atoms with van der Waals surface area (Å²) in [6.45, 7) is 0. The second-order valence-electron chi connectivity index (χ2n) is 7.46. The molecular weight excluding hydrogens is 358 g/mol. The molecule has 2 heterocycles. The fraction of sp³-hybridized carbons (Fsp3) is 0. The average Bonchev–Trinajstić information content (AvgIpc) is 3.32. The molecule has 1 nitrogen and oxygen atoms in total. The Morgan fingerprint density at radius 3 is 2.00 bits per heavy atom. The van der Waals surface area contributed by atoms with Crippen molar-refractivity contribution in [3.8, 4) is 0 Å². The molecule has 0 amide bonds. The van der Waals surface area contributed by atoms with Crippen molar-refractivity contribution in [1.82, 2.24) is 4.98 Å². The number of nitrogens with one attached hydrogen (secondary N) is 1. The van der Waals surface area contributed by atoms with Crippen molar-refractivity contribution in [2.75, 3.05) is 0 Å². The van der Waals surface area contributed by atoms with Crippen molar-refractivity contribution in [2.24, 2.45) is 0 Å². The highest BCUT2D eigenvalue weighted by molar-refractivity contribution is 7.26. The molecule has 0 unspecified atom stereocenters. The summed E-state index contributed by atoms with van der Waals surface area (Å²) in [4.78, 5) is 3.80. The maximum atomic E-state index is 3.80. The molecule has 0 aliphatic rings. The zero-order chi connectivity index (χ0) is 18.2. The van der Waals surface area contributed by atoms with E-state index in [1.165, 1.54) is 63.5 Å². The van der Waals surface area contributed by atoms with Crippen molar-refractivity contribution >= 4 is 74.9 Å². The topological polar surface area (TPSA) is 15.8 Å². The molecule has 1 N–H and O–H groups in total. The molecule has 0 bridgehead atoms. The monoisotopic (exact) mass is 373 g/mol. The summed E-state index contributed by atoms with van der Waals surface area (Å²) in [7, 11) is 0. The second kappa shape index (κ2) is 5.12. The smallest absolute Gasteiger partial charge is 0.0559 e. The highest BCUT2D eigenvalue weighted by Gasteiger charge is 2.15. The number of H-pyrrole nitrogens is 1. The molecule has 2 aromatic heterocycles. The fourth-order valence-electron chi connectivity index (χ4n) is 4.71. The minimum atomic E-state index is 1.24. The predicted octanol–water partition coefficient (Wildman–Crippen LogP) is 8.00. The number of benzene rings is 5. The molecule has 7 aromatic rings. The van der Waals surface area contributed by atoms with Crippen LogP contribution in [0.4, 0.5) is 0 Å². The number of hydrogen-bond acceptors (Lipinski definition) is 1. The van der Waals surface area contributed by atoms with Gasteiger partial charge in [-0.25, -0.2) is 0 Å². The van der Waals surface area contributed by atoms with E-state index >= 15 is 0 Å². The van der Waals surface area contributed by atoms with E-state index in [-0.39, 0.29) is 0 Å². The normalized spacial score (nSPS) is 12.3. The van der Waals surface area contributed by atoms with Gasteiger partial charge in [-0.2, -0.15) is 0 Å². The average molecular weight is 373 g/mol. The van der Waals surface area contributed by atoms with E-state index in [0.29, 0.717) is 0 Å². The van der Waals surface area contributed by atoms with Crippen molar-refractivity contribution in [1.29, 1.82) is 0 Å². The van der Waals surface area contributed by atoms with Crippen molar-refractivity contribution < 1.29 is 0 Å². The van der Waals surface area contributed by atoms with Crippen LogP contribution in [0.1, 0.15) is 0 Å². The minimum Gasteiger partial charge on any atom is -0.353 e. The molecule has 0 saturated heterocycles. The molecule has 7 rings (SSSR count). The maximum absolute atomic E-state index is 3.80. The standard InChI is InChI=1S/C26H15NS/c1-3-7-17-15(5-1)9-11-19-20-13-14-22-23(25(20)27-24(17)19)21-12-10-16-6-2-4-8-18(16)26(21)28-22/h1-14,27H. The lowest BCUT2D eigenvalue weighted by Gasteiger charge is -1.99. The Morgan fingerprint density at radius 1 is 0.500 bits per heavy atom. The molecule has 5 aromatic carbocycles. The molecule has 0 aliphatic carbocycles. The van der Waals surface area contributed by atoms with E-state index in [1.54, 1.807) is 0 Å². The van der Waals surface area contributed by atoms with Gasteiger partial charge < -0.3 is 4.98 Å². The van der Waals surface area contributed by atoms with Crippen LogP contribution in [0, 0.1) is 0 Å². The first-order chi connectivity index (χ1) is 13.9. The Hall–Kier alpha value is -3.36. The molecule has 0 spiro atoms. The van der Waals surface area contributed by atoms with Crippen molar-refractivity contribution in [3.05, 3.63) is 84.9 Å². The van der Waals surface area contributed by atoms with E-state index < -0.39 is 0 Å². The van der Waals surface area contributed by atoms with Crippen LogP contribution in [-0.2, 0) is 0 Å². The third kappa shape index (κ3) is 1.76. The molecular formula is C26H15NS. The van der Waals surface area contributed by atoms with E-state index in [4.69, 9.17) is 0 Å².